The summed E-state index contributed by atoms with van der Waals surface area (Å²) in [6.07, 6.45) is 2.83. The zero-order chi connectivity index (χ0) is 19.2. The number of benzene rings is 2. The average molecular weight is 412 g/mol. The molecule has 4 rings (SSSR count). The van der Waals surface area contributed by atoms with Gasteiger partial charge in [0, 0.05) is 36.0 Å². The maximum Gasteiger partial charge on any atom is 0.183 e. The molecule has 28 heavy (non-hydrogen) atoms. The molecule has 1 saturated heterocycles. The van der Waals surface area contributed by atoms with E-state index in [-0.39, 0.29) is 6.10 Å². The summed E-state index contributed by atoms with van der Waals surface area (Å²) in [6, 6.07) is 24.4. The SMILES string of the molecule is O=P(Cc1ccccc1)(c1ccccc1)N(Cc1cccs1)CC1CCCO1. The summed E-state index contributed by atoms with van der Waals surface area (Å²) in [5, 5.41) is 3.01. The first-order valence-electron chi connectivity index (χ1n) is 9.82. The minimum Gasteiger partial charge on any atom is -0.377 e. The summed E-state index contributed by atoms with van der Waals surface area (Å²) in [5.41, 5.74) is 1.11. The predicted molar refractivity (Wildman–Crippen MR) is 118 cm³/mol. The van der Waals surface area contributed by atoms with Crippen molar-refractivity contribution in [1.82, 2.24) is 4.67 Å². The Kier molecular flexibility index (Phi) is 6.43. The van der Waals surface area contributed by atoms with Crippen LogP contribution in [0.2, 0.25) is 0 Å². The van der Waals surface area contributed by atoms with Crippen LogP contribution in [0.15, 0.2) is 78.2 Å². The minimum atomic E-state index is -2.84. The number of rotatable bonds is 8. The molecule has 2 heterocycles. The molecule has 0 amide bonds. The molecule has 0 N–H and O–H groups in total. The Morgan fingerprint density at radius 3 is 2.39 bits per heavy atom. The van der Waals surface area contributed by atoms with Crippen LogP contribution in [0.4, 0.5) is 0 Å². The molecule has 3 nitrogen and oxygen atoms in total. The van der Waals surface area contributed by atoms with E-state index >= 15 is 0 Å². The van der Waals surface area contributed by atoms with Crippen LogP contribution in [-0.2, 0) is 22.0 Å². The highest BCUT2D eigenvalue weighted by Crippen LogP contribution is 2.53. The number of nitrogens with zero attached hydrogens (tertiary/aromatic N) is 1. The fraction of sp³-hybridized carbons (Fsp3) is 0.304. The monoisotopic (exact) mass is 411 g/mol. The lowest BCUT2D eigenvalue weighted by Crippen LogP contribution is -2.33. The number of thiophene rings is 1. The smallest absolute Gasteiger partial charge is 0.183 e. The fourth-order valence-electron chi connectivity index (χ4n) is 3.76. The van der Waals surface area contributed by atoms with Crippen LogP contribution in [0.25, 0.3) is 0 Å². The Bertz CT molecular complexity index is 893. The molecule has 2 unspecified atom stereocenters. The highest BCUT2D eigenvalue weighted by Gasteiger charge is 2.35. The summed E-state index contributed by atoms with van der Waals surface area (Å²) >= 11 is 1.72. The first-order chi connectivity index (χ1) is 13.7. The lowest BCUT2D eigenvalue weighted by atomic mass is 10.2. The van der Waals surface area contributed by atoms with E-state index in [1.807, 2.05) is 48.5 Å². The van der Waals surface area contributed by atoms with Crippen molar-refractivity contribution < 1.29 is 9.30 Å². The maximum atomic E-state index is 14.7. The molecule has 0 saturated carbocycles. The molecule has 0 bridgehead atoms. The molecule has 1 aliphatic rings. The summed E-state index contributed by atoms with van der Waals surface area (Å²) in [4.78, 5) is 1.24. The van der Waals surface area contributed by atoms with E-state index in [1.54, 1.807) is 11.3 Å². The number of hydrogen-bond donors (Lipinski definition) is 0. The third kappa shape index (κ3) is 4.64. The zero-order valence-electron chi connectivity index (χ0n) is 15.9. The average Bonchev–Trinajstić information content (AvgIpc) is 3.43. The van der Waals surface area contributed by atoms with E-state index in [9.17, 15) is 4.57 Å². The van der Waals surface area contributed by atoms with E-state index < -0.39 is 7.29 Å². The van der Waals surface area contributed by atoms with E-state index in [2.05, 4.69) is 34.3 Å². The maximum absolute atomic E-state index is 14.7. The molecule has 1 fully saturated rings. The van der Waals surface area contributed by atoms with Gasteiger partial charge in [0.05, 0.1) is 6.10 Å². The van der Waals surface area contributed by atoms with Crippen LogP contribution >= 0.6 is 18.6 Å². The normalized spacial score (nSPS) is 19.0. The molecule has 2 aromatic carbocycles. The van der Waals surface area contributed by atoms with Crippen molar-refractivity contribution in [1.29, 1.82) is 0 Å². The minimum absolute atomic E-state index is 0.160. The van der Waals surface area contributed by atoms with E-state index in [4.69, 9.17) is 4.74 Å². The quantitative estimate of drug-likeness (QED) is 0.456. The van der Waals surface area contributed by atoms with Crippen molar-refractivity contribution in [3.05, 3.63) is 88.6 Å². The van der Waals surface area contributed by atoms with Gasteiger partial charge in [-0.25, -0.2) is 4.67 Å². The topological polar surface area (TPSA) is 29.5 Å². The molecular weight excluding hydrogens is 385 g/mol. The van der Waals surface area contributed by atoms with Crippen molar-refractivity contribution in [2.24, 2.45) is 0 Å². The van der Waals surface area contributed by atoms with Gasteiger partial charge in [0.2, 0.25) is 0 Å². The summed E-state index contributed by atoms with van der Waals surface area (Å²) in [6.45, 7) is 2.21. The zero-order valence-corrected chi connectivity index (χ0v) is 17.7. The molecule has 5 heteroatoms. The molecule has 1 aromatic heterocycles. The van der Waals surface area contributed by atoms with Gasteiger partial charge in [0.15, 0.2) is 7.29 Å². The van der Waals surface area contributed by atoms with Crippen molar-refractivity contribution in [3.63, 3.8) is 0 Å². The van der Waals surface area contributed by atoms with Crippen molar-refractivity contribution in [2.45, 2.75) is 31.7 Å². The lowest BCUT2D eigenvalue weighted by Gasteiger charge is -2.33. The van der Waals surface area contributed by atoms with Gasteiger partial charge in [0.25, 0.3) is 0 Å². The largest absolute Gasteiger partial charge is 0.377 e. The van der Waals surface area contributed by atoms with Crippen molar-refractivity contribution >= 4 is 23.9 Å². The molecule has 1 aliphatic heterocycles. The third-order valence-corrected chi connectivity index (χ3v) is 9.19. The van der Waals surface area contributed by atoms with Gasteiger partial charge >= 0.3 is 0 Å². The van der Waals surface area contributed by atoms with Crippen LogP contribution in [0.1, 0.15) is 23.3 Å². The Hall–Kier alpha value is -1.71. The van der Waals surface area contributed by atoms with E-state index in [0.29, 0.717) is 19.3 Å². The Morgan fingerprint density at radius 1 is 1.00 bits per heavy atom. The molecule has 2 atom stereocenters. The van der Waals surface area contributed by atoms with Gasteiger partial charge in [-0.2, -0.15) is 0 Å². The number of hydrogen-bond acceptors (Lipinski definition) is 3. The van der Waals surface area contributed by atoms with Crippen LogP contribution in [0.3, 0.4) is 0 Å². The van der Waals surface area contributed by atoms with Gasteiger partial charge in [-0.3, -0.25) is 0 Å². The Labute approximate surface area is 171 Å². The van der Waals surface area contributed by atoms with E-state index in [0.717, 1.165) is 30.3 Å². The van der Waals surface area contributed by atoms with Gasteiger partial charge in [-0.1, -0.05) is 66.7 Å². The summed E-state index contributed by atoms with van der Waals surface area (Å²) < 4.78 is 22.8. The molecule has 0 radical (unpaired) electrons. The van der Waals surface area contributed by atoms with Crippen LogP contribution < -0.4 is 5.30 Å². The van der Waals surface area contributed by atoms with Gasteiger partial charge in [-0.15, -0.1) is 11.3 Å². The standard InChI is InChI=1S/C23H26NO2PS/c25-27(22-12-5-2-6-13-22,19-20-9-3-1-4-10-20)24(17-21-11-7-15-26-21)18-23-14-8-16-28-23/h1-6,8-10,12-14,16,21H,7,11,15,17-19H2. The fourth-order valence-corrected chi connectivity index (χ4v) is 7.46. The highest BCUT2D eigenvalue weighted by molar-refractivity contribution is 7.68. The first-order valence-corrected chi connectivity index (χ1v) is 12.5. The highest BCUT2D eigenvalue weighted by atomic mass is 32.1. The van der Waals surface area contributed by atoms with E-state index in [1.165, 1.54) is 4.88 Å². The molecule has 0 aliphatic carbocycles. The second-order valence-electron chi connectivity index (χ2n) is 7.24. The predicted octanol–water partition coefficient (Wildman–Crippen LogP) is 5.53. The second-order valence-corrected chi connectivity index (χ2v) is 11.1. The van der Waals surface area contributed by atoms with Crippen LogP contribution in [0, 0.1) is 0 Å². The molecule has 0 spiro atoms. The lowest BCUT2D eigenvalue weighted by molar-refractivity contribution is 0.0925. The summed E-state index contributed by atoms with van der Waals surface area (Å²) in [7, 11) is -2.84. The van der Waals surface area contributed by atoms with Gasteiger partial charge < -0.3 is 9.30 Å². The molecule has 3 aromatic rings. The van der Waals surface area contributed by atoms with Gasteiger partial charge in [-0.05, 0) is 29.9 Å². The van der Waals surface area contributed by atoms with Crippen LogP contribution in [-0.4, -0.2) is 23.9 Å². The Balaban J connectivity index is 1.71. The number of ether oxygens (including phenoxy) is 1. The second kappa shape index (κ2) is 9.19. The first kappa shape index (κ1) is 19.6. The Morgan fingerprint density at radius 2 is 1.75 bits per heavy atom. The van der Waals surface area contributed by atoms with Crippen molar-refractivity contribution in [2.75, 3.05) is 13.2 Å². The molecular formula is C23H26NO2PS. The van der Waals surface area contributed by atoms with Crippen molar-refractivity contribution in [3.8, 4) is 0 Å². The third-order valence-electron chi connectivity index (χ3n) is 5.21. The molecule has 146 valence electrons. The summed E-state index contributed by atoms with van der Waals surface area (Å²) in [5.74, 6) is 0. The van der Waals surface area contributed by atoms with Crippen LogP contribution in [0.5, 0.6) is 0 Å². The van der Waals surface area contributed by atoms with Gasteiger partial charge in [0.1, 0.15) is 0 Å².